The molecule has 1 aliphatic heterocycles. The number of hydrogen-bond acceptors (Lipinski definition) is 12. The topological polar surface area (TPSA) is 200 Å². The molecule has 0 amide bonds. The smallest absolute Gasteiger partial charge is 0.394 e. The fourth-order valence-electron chi connectivity index (χ4n) is 3.04. The van der Waals surface area contributed by atoms with Crippen molar-refractivity contribution in [2.45, 2.75) is 81.2 Å². The minimum Gasteiger partial charge on any atom is -0.394 e. The summed E-state index contributed by atoms with van der Waals surface area (Å²) < 4.78 is 62.0. The highest BCUT2D eigenvalue weighted by atomic mass is 32.3. The number of thioether (sulfide) groups is 1. The van der Waals surface area contributed by atoms with Gasteiger partial charge in [-0.05, 0) is 19.3 Å². The molecular formula is C17H33NO11S3. The predicted molar refractivity (Wildman–Crippen MR) is 118 cm³/mol. The lowest BCUT2D eigenvalue weighted by Gasteiger charge is -2.39. The molecule has 0 aliphatic carbocycles. The molecule has 0 saturated carbocycles. The second-order valence-electron chi connectivity index (χ2n) is 7.66. The molecule has 1 aliphatic rings. The molecule has 0 aromatic rings. The summed E-state index contributed by atoms with van der Waals surface area (Å²) in [6.45, 7) is -0.611. The highest BCUT2D eigenvalue weighted by molar-refractivity contribution is 8.14. The first-order valence-corrected chi connectivity index (χ1v) is 14.5. The maximum Gasteiger partial charge on any atom is 0.466 e. The van der Waals surface area contributed by atoms with E-state index in [4.69, 9.17) is 9.29 Å². The van der Waals surface area contributed by atoms with Crippen LogP contribution in [0.4, 0.5) is 0 Å². The fraction of sp³-hybridized carbons (Fsp3) is 0.941. The SMILES string of the molecule is CS(=O)(=O)CCCCCCCCC/C(=N/OS(=O)(=O)O)S[C@@H]1O[C@H](CO)[C@@H](O)[C@H](O)[C@H]1O. The van der Waals surface area contributed by atoms with Crippen LogP contribution in [0.3, 0.4) is 0 Å². The molecule has 1 fully saturated rings. The van der Waals surface area contributed by atoms with Crippen LogP contribution >= 0.6 is 11.8 Å². The van der Waals surface area contributed by atoms with Crippen LogP contribution in [0, 0.1) is 0 Å². The van der Waals surface area contributed by atoms with Crippen molar-refractivity contribution >= 4 is 37.0 Å². The standard InChI is InChI=1S/C17H33NO11S3/c1-31(23,24)10-8-6-4-2-3-5-7-9-13(18-29-32(25,26)27)30-17-16(22)15(21)14(20)12(11-19)28-17/h12,14-17,19-22H,2-11H2,1H3,(H,25,26,27)/b18-13-/t12-,14-,15+,16-,17+/m1/s1. The molecule has 0 aromatic carbocycles. The van der Waals surface area contributed by atoms with Gasteiger partial charge in [0.05, 0.1) is 6.61 Å². The first-order valence-electron chi connectivity index (χ1n) is 10.2. The van der Waals surface area contributed by atoms with Crippen LogP contribution in [-0.4, -0.2) is 95.3 Å². The van der Waals surface area contributed by atoms with Crippen LogP contribution in [0.5, 0.6) is 0 Å². The van der Waals surface area contributed by atoms with Gasteiger partial charge < -0.3 is 25.2 Å². The zero-order valence-corrected chi connectivity index (χ0v) is 20.3. The van der Waals surface area contributed by atoms with Crippen molar-refractivity contribution in [3.63, 3.8) is 0 Å². The Hall–Kier alpha value is -0.520. The van der Waals surface area contributed by atoms with E-state index in [9.17, 15) is 37.3 Å². The summed E-state index contributed by atoms with van der Waals surface area (Å²) in [6, 6.07) is 0. The van der Waals surface area contributed by atoms with Gasteiger partial charge in [0.15, 0.2) is 0 Å². The van der Waals surface area contributed by atoms with Crippen LogP contribution in [0.2, 0.25) is 0 Å². The average Bonchev–Trinajstić information content (AvgIpc) is 2.69. The summed E-state index contributed by atoms with van der Waals surface area (Å²) in [4.78, 5) is 0. The summed E-state index contributed by atoms with van der Waals surface area (Å²) >= 11 is 0.755. The van der Waals surface area contributed by atoms with Gasteiger partial charge in [-0.2, -0.15) is 8.42 Å². The van der Waals surface area contributed by atoms with Crippen LogP contribution in [0.1, 0.15) is 51.4 Å². The number of unbranched alkanes of at least 4 members (excludes halogenated alkanes) is 6. The van der Waals surface area contributed by atoms with Gasteiger partial charge in [-0.15, -0.1) is 0 Å². The van der Waals surface area contributed by atoms with Gasteiger partial charge in [0.25, 0.3) is 0 Å². The number of aliphatic hydroxyl groups is 4. The molecule has 1 saturated heterocycles. The van der Waals surface area contributed by atoms with Gasteiger partial charge in [0.2, 0.25) is 0 Å². The van der Waals surface area contributed by atoms with E-state index in [2.05, 4.69) is 9.44 Å². The van der Waals surface area contributed by atoms with Crippen LogP contribution in [0.25, 0.3) is 0 Å². The van der Waals surface area contributed by atoms with E-state index < -0.39 is 56.7 Å². The number of rotatable bonds is 14. The Labute approximate surface area is 192 Å². The Bertz CT molecular complexity index is 786. The van der Waals surface area contributed by atoms with E-state index in [1.54, 1.807) is 0 Å². The maximum atomic E-state index is 11.1. The molecule has 5 atom stereocenters. The zero-order chi connectivity index (χ0) is 24.4. The van der Waals surface area contributed by atoms with Crippen molar-refractivity contribution in [2.24, 2.45) is 5.16 Å². The van der Waals surface area contributed by atoms with Crippen molar-refractivity contribution < 1.29 is 50.8 Å². The second kappa shape index (κ2) is 14.0. The summed E-state index contributed by atoms with van der Waals surface area (Å²) in [5, 5.41) is 42.6. The minimum atomic E-state index is -4.84. The summed E-state index contributed by atoms with van der Waals surface area (Å²) in [7, 11) is -7.78. The van der Waals surface area contributed by atoms with Crippen molar-refractivity contribution in [1.29, 1.82) is 0 Å². The molecule has 12 nitrogen and oxygen atoms in total. The lowest BCUT2D eigenvalue weighted by atomic mass is 10.0. The van der Waals surface area contributed by atoms with E-state index >= 15 is 0 Å². The summed E-state index contributed by atoms with van der Waals surface area (Å²) in [6.07, 6.45) is 1.06. The average molecular weight is 524 g/mol. The largest absolute Gasteiger partial charge is 0.466 e. The molecule has 0 unspecified atom stereocenters. The maximum absolute atomic E-state index is 11.1. The molecule has 0 bridgehead atoms. The Morgan fingerprint density at radius 1 is 0.938 bits per heavy atom. The molecule has 0 spiro atoms. The highest BCUT2D eigenvalue weighted by Gasteiger charge is 2.44. The quantitative estimate of drug-likeness (QED) is 0.0662. The third kappa shape index (κ3) is 12.1. The first kappa shape index (κ1) is 29.5. The zero-order valence-electron chi connectivity index (χ0n) is 17.8. The van der Waals surface area contributed by atoms with Gasteiger partial charge in [-0.3, -0.25) is 4.55 Å². The summed E-state index contributed by atoms with van der Waals surface area (Å²) in [5.41, 5.74) is -1.16. The van der Waals surface area contributed by atoms with Crippen LogP contribution in [0.15, 0.2) is 5.16 Å². The molecule has 15 heteroatoms. The van der Waals surface area contributed by atoms with Crippen LogP contribution in [-0.2, 0) is 29.3 Å². The lowest BCUT2D eigenvalue weighted by molar-refractivity contribution is -0.205. The molecule has 0 radical (unpaired) electrons. The van der Waals surface area contributed by atoms with Gasteiger partial charge in [-0.25, -0.2) is 12.7 Å². The molecule has 32 heavy (non-hydrogen) atoms. The number of hydrogen-bond donors (Lipinski definition) is 5. The molecular weight excluding hydrogens is 490 g/mol. The number of ether oxygens (including phenoxy) is 1. The fourth-order valence-corrected chi connectivity index (χ4v) is 5.11. The lowest BCUT2D eigenvalue weighted by Crippen LogP contribution is -2.57. The van der Waals surface area contributed by atoms with E-state index in [-0.39, 0.29) is 17.2 Å². The van der Waals surface area contributed by atoms with Crippen molar-refractivity contribution in [3.8, 4) is 0 Å². The Morgan fingerprint density at radius 2 is 1.50 bits per heavy atom. The van der Waals surface area contributed by atoms with Gasteiger partial charge >= 0.3 is 10.4 Å². The second-order valence-corrected chi connectivity index (χ2v) is 12.1. The van der Waals surface area contributed by atoms with Gasteiger partial charge in [0, 0.05) is 12.0 Å². The normalized spacial score (nSPS) is 27.4. The number of aliphatic hydroxyl groups excluding tert-OH is 4. The van der Waals surface area contributed by atoms with E-state index in [1.165, 1.54) is 6.26 Å². The minimum absolute atomic E-state index is 0.0695. The number of oxime groups is 1. The van der Waals surface area contributed by atoms with E-state index in [0.29, 0.717) is 12.8 Å². The Morgan fingerprint density at radius 3 is 2.03 bits per heavy atom. The highest BCUT2D eigenvalue weighted by Crippen LogP contribution is 2.30. The van der Waals surface area contributed by atoms with Crippen molar-refractivity contribution in [3.05, 3.63) is 0 Å². The van der Waals surface area contributed by atoms with E-state index in [1.807, 2.05) is 0 Å². The van der Waals surface area contributed by atoms with Crippen molar-refractivity contribution in [1.82, 2.24) is 0 Å². The van der Waals surface area contributed by atoms with Crippen molar-refractivity contribution in [2.75, 3.05) is 18.6 Å². The first-order chi connectivity index (χ1) is 14.8. The Balaban J connectivity index is 2.52. The van der Waals surface area contributed by atoms with Gasteiger partial charge in [0.1, 0.15) is 44.7 Å². The molecule has 0 aromatic heterocycles. The number of sulfone groups is 1. The Kier molecular flexibility index (Phi) is 12.9. The molecule has 5 N–H and O–H groups in total. The molecule has 190 valence electrons. The van der Waals surface area contributed by atoms with Crippen LogP contribution < -0.4 is 0 Å². The monoisotopic (exact) mass is 523 g/mol. The summed E-state index contributed by atoms with van der Waals surface area (Å²) in [5.74, 6) is 0.176. The van der Waals surface area contributed by atoms with Gasteiger partial charge in [-0.1, -0.05) is 49.0 Å². The number of nitrogens with zero attached hydrogens (tertiary/aromatic N) is 1. The van der Waals surface area contributed by atoms with E-state index in [0.717, 1.165) is 43.9 Å². The third-order valence-electron chi connectivity index (χ3n) is 4.74. The predicted octanol–water partition coefficient (Wildman–Crippen LogP) is -0.182. The third-order valence-corrected chi connectivity index (χ3v) is 7.21. The molecule has 1 rings (SSSR count). The molecule has 1 heterocycles.